The van der Waals surface area contributed by atoms with Gasteiger partial charge in [0.15, 0.2) is 24.8 Å². The molecule has 0 fully saturated rings. The molecule has 0 bridgehead atoms. The molecule has 4 aromatic heterocycles. The summed E-state index contributed by atoms with van der Waals surface area (Å²) in [7, 11) is 0. The van der Waals surface area contributed by atoms with E-state index in [9.17, 15) is 10.4 Å². The molecule has 4 heterocycles. The van der Waals surface area contributed by atoms with E-state index in [-0.39, 0.29) is 39.0 Å². The maximum absolute atomic E-state index is 10.6. The van der Waals surface area contributed by atoms with E-state index in [1.807, 2.05) is 0 Å². The second-order valence-corrected chi connectivity index (χ2v) is 4.30. The molecule has 17 heteroatoms. The largest absolute Gasteiger partial charge is 2.00 e. The van der Waals surface area contributed by atoms with E-state index in [0.29, 0.717) is 21.1 Å². The van der Waals surface area contributed by atoms with Crippen molar-refractivity contribution in [1.82, 2.24) is 41.2 Å². The van der Waals surface area contributed by atoms with E-state index < -0.39 is 0 Å². The van der Waals surface area contributed by atoms with Crippen molar-refractivity contribution in [3.05, 3.63) is 59.5 Å². The van der Waals surface area contributed by atoms with Crippen LogP contribution in [0.1, 0.15) is 0 Å². The fraction of sp³-hybridized carbons (Fsp3) is 0. The van der Waals surface area contributed by atoms with E-state index in [1.54, 1.807) is 24.3 Å². The third-order valence-electron chi connectivity index (χ3n) is 2.76. The molecule has 29 heavy (non-hydrogen) atoms. The molecule has 1 radical (unpaired) electrons. The number of rotatable bonds is 2. The fourth-order valence-corrected chi connectivity index (χ4v) is 1.64. The number of aromatic nitrogens is 10. The summed E-state index contributed by atoms with van der Waals surface area (Å²) in [6, 6.07) is 6.41. The average molecular weight is 455 g/mol. The third-order valence-corrected chi connectivity index (χ3v) is 2.76. The molecule has 0 unspecified atom stereocenters. The summed E-state index contributed by atoms with van der Waals surface area (Å²) in [6.45, 7) is 0. The minimum Gasteiger partial charge on any atom is -0.619 e. The van der Waals surface area contributed by atoms with Gasteiger partial charge in [0.25, 0.3) is 0 Å². The Morgan fingerprint density at radius 3 is 1.17 bits per heavy atom. The summed E-state index contributed by atoms with van der Waals surface area (Å²) in [4.78, 5) is 0. The third kappa shape index (κ3) is 8.30. The van der Waals surface area contributed by atoms with Gasteiger partial charge < -0.3 is 42.5 Å². The van der Waals surface area contributed by atoms with Gasteiger partial charge in [-0.1, -0.05) is 0 Å². The van der Waals surface area contributed by atoms with Gasteiger partial charge in [0, 0.05) is 47.0 Å². The Morgan fingerprint density at radius 1 is 0.621 bits per heavy atom. The van der Waals surface area contributed by atoms with Gasteiger partial charge in [0.2, 0.25) is 0 Å². The van der Waals surface area contributed by atoms with Crippen molar-refractivity contribution in [3.8, 4) is 22.8 Å². The first kappa shape index (κ1) is 30.1. The van der Waals surface area contributed by atoms with Crippen LogP contribution in [0.25, 0.3) is 22.8 Å². The molecule has 0 aliphatic carbocycles. The molecule has 0 saturated carbocycles. The molecule has 0 spiro atoms. The second kappa shape index (κ2) is 14.5. The van der Waals surface area contributed by atoms with Crippen LogP contribution < -0.4 is 19.7 Å². The Morgan fingerprint density at radius 2 is 0.931 bits per heavy atom. The van der Waals surface area contributed by atoms with Crippen LogP contribution in [-0.4, -0.2) is 31.1 Å². The molecule has 12 N–H and O–H groups in total. The zero-order valence-electron chi connectivity index (χ0n) is 14.6. The summed E-state index contributed by atoms with van der Waals surface area (Å²) in [5, 5.41) is 49.1. The topological polar surface area (TPSA) is 291 Å². The smallest absolute Gasteiger partial charge is 0.619 e. The molecular weight excluding hydrogens is 435 g/mol. The summed E-state index contributed by atoms with van der Waals surface area (Å²) in [5.74, 6) is 0.853. The number of hydrogen-bond donors (Lipinski definition) is 0. The van der Waals surface area contributed by atoms with Crippen molar-refractivity contribution < 1.29 is 48.4 Å². The Kier molecular flexibility index (Phi) is 15.0. The van der Waals surface area contributed by atoms with Gasteiger partial charge in [-0.2, -0.15) is 19.9 Å². The van der Waals surface area contributed by atoms with Gasteiger partial charge in [0.1, 0.15) is 0 Å². The van der Waals surface area contributed by atoms with Gasteiger partial charge in [-0.25, -0.2) is 0 Å². The standard InChI is InChI=1S/2C6H4N5O.Mn.4H2O/c2*12-11-3-1-5(2-4-11)6-7-9-10-8-6;;;;;/h2*1-4H;;4*1H2/q2*-1;+2;;;;/p+4. The molecule has 4 aromatic rings. The second-order valence-electron chi connectivity index (χ2n) is 4.30. The molecule has 16 nitrogen and oxygen atoms in total. The summed E-state index contributed by atoms with van der Waals surface area (Å²) >= 11 is 0. The summed E-state index contributed by atoms with van der Waals surface area (Å²) < 4.78 is 1.38. The van der Waals surface area contributed by atoms with E-state index in [2.05, 4.69) is 41.2 Å². The Balaban J connectivity index is -0.000000398. The molecule has 0 amide bonds. The van der Waals surface area contributed by atoms with Crippen LogP contribution in [0.3, 0.4) is 0 Å². The van der Waals surface area contributed by atoms with Crippen LogP contribution in [0.5, 0.6) is 0 Å². The molecule has 4 rings (SSSR count). The minimum atomic E-state index is 0. The van der Waals surface area contributed by atoms with Crippen LogP contribution >= 0.6 is 0 Å². The normalized spacial score (nSPS) is 8.28. The monoisotopic (exact) mass is 455 g/mol. The first-order chi connectivity index (χ1) is 11.7. The Labute approximate surface area is 172 Å². The zero-order chi connectivity index (χ0) is 16.8. The fourth-order valence-electron chi connectivity index (χ4n) is 1.64. The SMILES string of the molecule is [Mn+2].[O-][n+]1ccc(-c2nnn[n-]2)cc1.[O-][n+]1ccc(-c2nnn[n-]2)cc1.[OH3+].[OH3+].[OH3+].[OH3+]. The zero-order valence-corrected chi connectivity index (χ0v) is 15.8. The van der Waals surface area contributed by atoms with Crippen LogP contribution in [0.15, 0.2) is 49.1 Å². The number of tetrazole rings is 2. The Bertz CT molecular complexity index is 801. The van der Waals surface area contributed by atoms with Crippen LogP contribution in [0.2, 0.25) is 0 Å². The quantitative estimate of drug-likeness (QED) is 0.119. The predicted molar refractivity (Wildman–Crippen MR) is 94.6 cm³/mol. The maximum Gasteiger partial charge on any atom is 2.00 e. The molecule has 157 valence electrons. The van der Waals surface area contributed by atoms with E-state index in [0.717, 1.165) is 11.1 Å². The average Bonchev–Trinajstić information content (AvgIpc) is 3.31. The first-order valence-corrected chi connectivity index (χ1v) is 6.48. The molecule has 0 aliphatic rings. The molecule has 0 aliphatic heterocycles. The first-order valence-electron chi connectivity index (χ1n) is 6.48. The van der Waals surface area contributed by atoms with Crippen LogP contribution in [-0.2, 0) is 39.0 Å². The Hall–Kier alpha value is -3.60. The van der Waals surface area contributed by atoms with Crippen molar-refractivity contribution in [2.24, 2.45) is 0 Å². The van der Waals surface area contributed by atoms with Gasteiger partial charge in [-0.15, -0.1) is 0 Å². The van der Waals surface area contributed by atoms with Gasteiger partial charge >= 0.3 is 17.1 Å². The molecule has 0 saturated heterocycles. The van der Waals surface area contributed by atoms with E-state index >= 15 is 0 Å². The van der Waals surface area contributed by atoms with Crippen LogP contribution in [0.4, 0.5) is 0 Å². The van der Waals surface area contributed by atoms with E-state index in [1.165, 1.54) is 24.8 Å². The number of pyridine rings is 2. The minimum absolute atomic E-state index is 0. The summed E-state index contributed by atoms with van der Waals surface area (Å²) in [6.07, 6.45) is 5.47. The maximum atomic E-state index is 10.6. The number of hydrogen-bond acceptors (Lipinski definition) is 8. The van der Waals surface area contributed by atoms with Crippen molar-refractivity contribution in [3.63, 3.8) is 0 Å². The molecule has 0 aromatic carbocycles. The van der Waals surface area contributed by atoms with Crippen molar-refractivity contribution in [2.45, 2.75) is 0 Å². The molecule has 0 atom stereocenters. The van der Waals surface area contributed by atoms with Crippen molar-refractivity contribution in [1.29, 1.82) is 0 Å². The van der Waals surface area contributed by atoms with E-state index in [4.69, 9.17) is 0 Å². The number of nitrogens with zero attached hydrogens (tertiary/aromatic N) is 10. The van der Waals surface area contributed by atoms with Crippen molar-refractivity contribution in [2.75, 3.05) is 0 Å². The summed E-state index contributed by atoms with van der Waals surface area (Å²) in [5.41, 5.74) is 1.46. The van der Waals surface area contributed by atoms with Gasteiger partial charge in [-0.05, 0) is 0 Å². The van der Waals surface area contributed by atoms with Crippen LogP contribution in [0, 0.1) is 10.4 Å². The van der Waals surface area contributed by atoms with Crippen molar-refractivity contribution >= 4 is 0 Å². The molecular formula is C12H20MnN10O6+4. The predicted octanol–water partition coefficient (Wildman–Crippen LogP) is -5.43. The van der Waals surface area contributed by atoms with Gasteiger partial charge in [-0.3, -0.25) is 20.6 Å². The van der Waals surface area contributed by atoms with Gasteiger partial charge in [0.05, 0.1) is 0 Å².